The third-order valence-electron chi connectivity index (χ3n) is 3.91. The molecule has 0 aliphatic rings. The van der Waals surface area contributed by atoms with E-state index in [4.69, 9.17) is 14.2 Å². The molecule has 0 unspecified atom stereocenters. The molecule has 30 heavy (non-hydrogen) atoms. The Morgan fingerprint density at radius 2 is 1.50 bits per heavy atom. The number of methoxy groups -OCH3 is 1. The van der Waals surface area contributed by atoms with Crippen molar-refractivity contribution in [2.24, 2.45) is 0 Å². The first-order valence-electron chi connectivity index (χ1n) is 8.78. The Labute approximate surface area is 171 Å². The van der Waals surface area contributed by atoms with E-state index in [9.17, 15) is 18.4 Å². The molecule has 0 aliphatic carbocycles. The molecule has 0 fully saturated rings. The summed E-state index contributed by atoms with van der Waals surface area (Å²) in [5, 5.41) is 2.57. The number of ether oxygens (including phenoxy) is 3. The van der Waals surface area contributed by atoms with E-state index < -0.39 is 23.5 Å². The molecule has 6 nitrogen and oxygen atoms in total. The van der Waals surface area contributed by atoms with Crippen molar-refractivity contribution < 1.29 is 32.6 Å². The Kier molecular flexibility index (Phi) is 6.59. The zero-order valence-electron chi connectivity index (χ0n) is 15.9. The molecule has 0 aromatic heterocycles. The minimum atomic E-state index is -0.666. The molecule has 3 aromatic carbocycles. The summed E-state index contributed by atoms with van der Waals surface area (Å²) in [6.07, 6.45) is 0. The second-order valence-corrected chi connectivity index (χ2v) is 6.05. The van der Waals surface area contributed by atoms with E-state index in [1.807, 2.05) is 0 Å². The summed E-state index contributed by atoms with van der Waals surface area (Å²) < 4.78 is 41.7. The SMILES string of the molecule is COc1cc(C(=O)Oc2ccc(F)cc2)ccc1OCC(=O)Nc1ccc(F)cc1. The minimum Gasteiger partial charge on any atom is -0.493 e. The smallest absolute Gasteiger partial charge is 0.343 e. The van der Waals surface area contributed by atoms with Crippen molar-refractivity contribution in [1.29, 1.82) is 0 Å². The lowest BCUT2D eigenvalue weighted by Crippen LogP contribution is -2.20. The Balaban J connectivity index is 1.61. The van der Waals surface area contributed by atoms with Crippen LogP contribution in [0.4, 0.5) is 14.5 Å². The van der Waals surface area contributed by atoms with Gasteiger partial charge in [-0.05, 0) is 66.7 Å². The maximum atomic E-state index is 12.9. The number of hydrogen-bond acceptors (Lipinski definition) is 5. The molecule has 0 saturated heterocycles. The lowest BCUT2D eigenvalue weighted by Gasteiger charge is -2.12. The van der Waals surface area contributed by atoms with E-state index in [-0.39, 0.29) is 29.4 Å². The van der Waals surface area contributed by atoms with Gasteiger partial charge in [0.1, 0.15) is 17.4 Å². The van der Waals surface area contributed by atoms with Gasteiger partial charge in [-0.15, -0.1) is 0 Å². The molecule has 8 heteroatoms. The van der Waals surface area contributed by atoms with Crippen LogP contribution in [0.2, 0.25) is 0 Å². The highest BCUT2D eigenvalue weighted by Crippen LogP contribution is 2.28. The lowest BCUT2D eigenvalue weighted by molar-refractivity contribution is -0.118. The van der Waals surface area contributed by atoms with Gasteiger partial charge >= 0.3 is 5.97 Å². The Bertz CT molecular complexity index is 1040. The average Bonchev–Trinajstić information content (AvgIpc) is 2.75. The van der Waals surface area contributed by atoms with Crippen LogP contribution in [-0.4, -0.2) is 25.6 Å². The van der Waals surface area contributed by atoms with Gasteiger partial charge in [-0.25, -0.2) is 13.6 Å². The fourth-order valence-corrected chi connectivity index (χ4v) is 2.46. The molecule has 0 radical (unpaired) electrons. The first-order chi connectivity index (χ1) is 14.4. The zero-order chi connectivity index (χ0) is 21.5. The van der Waals surface area contributed by atoms with Gasteiger partial charge in [0, 0.05) is 5.69 Å². The van der Waals surface area contributed by atoms with Gasteiger partial charge < -0.3 is 19.5 Å². The maximum Gasteiger partial charge on any atom is 0.343 e. The van der Waals surface area contributed by atoms with Crippen LogP contribution in [-0.2, 0) is 4.79 Å². The van der Waals surface area contributed by atoms with Crippen molar-refractivity contribution in [3.05, 3.63) is 83.9 Å². The fraction of sp³-hybridized carbons (Fsp3) is 0.0909. The number of carbonyl (C=O) groups is 2. The number of carbonyl (C=O) groups excluding carboxylic acids is 2. The lowest BCUT2D eigenvalue weighted by atomic mass is 10.2. The van der Waals surface area contributed by atoms with Gasteiger partial charge in [0.15, 0.2) is 18.1 Å². The van der Waals surface area contributed by atoms with Crippen LogP contribution < -0.4 is 19.5 Å². The van der Waals surface area contributed by atoms with Crippen molar-refractivity contribution >= 4 is 17.6 Å². The van der Waals surface area contributed by atoms with Crippen molar-refractivity contribution in [3.8, 4) is 17.2 Å². The van der Waals surface area contributed by atoms with Crippen LogP contribution in [0, 0.1) is 11.6 Å². The highest BCUT2D eigenvalue weighted by Gasteiger charge is 2.14. The highest BCUT2D eigenvalue weighted by molar-refractivity contribution is 5.92. The Morgan fingerprint density at radius 1 is 0.867 bits per heavy atom. The number of amides is 1. The quantitative estimate of drug-likeness (QED) is 0.464. The summed E-state index contributed by atoms with van der Waals surface area (Å²) >= 11 is 0. The topological polar surface area (TPSA) is 73.9 Å². The molecule has 154 valence electrons. The molecule has 0 spiro atoms. The van der Waals surface area contributed by atoms with Crippen molar-refractivity contribution in [1.82, 2.24) is 0 Å². The van der Waals surface area contributed by atoms with Crippen molar-refractivity contribution in [3.63, 3.8) is 0 Å². The Morgan fingerprint density at radius 3 is 2.13 bits per heavy atom. The molecule has 0 bridgehead atoms. The zero-order valence-corrected chi connectivity index (χ0v) is 15.9. The summed E-state index contributed by atoms with van der Waals surface area (Å²) in [4.78, 5) is 24.3. The van der Waals surface area contributed by atoms with Crippen LogP contribution in [0.1, 0.15) is 10.4 Å². The number of esters is 1. The number of rotatable bonds is 7. The van der Waals surface area contributed by atoms with Crippen LogP contribution in [0.15, 0.2) is 66.7 Å². The van der Waals surface area contributed by atoms with E-state index in [0.717, 1.165) is 0 Å². The first kappa shape index (κ1) is 20.8. The largest absolute Gasteiger partial charge is 0.493 e. The number of benzene rings is 3. The van der Waals surface area contributed by atoms with Crippen LogP contribution >= 0.6 is 0 Å². The Hall–Kier alpha value is -3.94. The summed E-state index contributed by atoms with van der Waals surface area (Å²) in [6.45, 7) is -0.326. The fourth-order valence-electron chi connectivity index (χ4n) is 2.46. The van der Waals surface area contributed by atoms with E-state index >= 15 is 0 Å². The first-order valence-corrected chi connectivity index (χ1v) is 8.78. The minimum absolute atomic E-state index is 0.180. The number of nitrogens with one attached hydrogen (secondary N) is 1. The second-order valence-electron chi connectivity index (χ2n) is 6.05. The number of halogens is 2. The third-order valence-corrected chi connectivity index (χ3v) is 3.91. The van der Waals surface area contributed by atoms with Gasteiger partial charge in [-0.2, -0.15) is 0 Å². The third kappa shape index (κ3) is 5.54. The molecular weight excluding hydrogens is 396 g/mol. The molecule has 1 N–H and O–H groups in total. The summed E-state index contributed by atoms with van der Waals surface area (Å²) in [5.74, 6) is -1.32. The van der Waals surface area contributed by atoms with Crippen LogP contribution in [0.5, 0.6) is 17.2 Å². The van der Waals surface area contributed by atoms with Gasteiger partial charge in [0.25, 0.3) is 5.91 Å². The number of hydrogen-bond donors (Lipinski definition) is 1. The predicted octanol–water partition coefficient (Wildman–Crippen LogP) is 4.21. The molecule has 0 aliphatic heterocycles. The molecule has 3 rings (SSSR count). The highest BCUT2D eigenvalue weighted by atomic mass is 19.1. The molecule has 3 aromatic rings. The van der Waals surface area contributed by atoms with E-state index in [2.05, 4.69) is 5.32 Å². The summed E-state index contributed by atoms with van der Waals surface area (Å²) in [6, 6.07) is 14.6. The monoisotopic (exact) mass is 413 g/mol. The standard InChI is InChI=1S/C22H17F2NO5/c1-28-20-12-14(22(27)30-18-9-5-16(24)6-10-18)2-11-19(20)29-13-21(26)25-17-7-3-15(23)4-8-17/h2-12H,13H2,1H3,(H,25,26). The summed E-state index contributed by atoms with van der Waals surface area (Å²) in [5.41, 5.74) is 0.607. The van der Waals surface area contributed by atoms with Gasteiger partial charge in [0.05, 0.1) is 12.7 Å². The molecule has 1 amide bonds. The molecule has 0 saturated carbocycles. The molecule has 0 heterocycles. The number of anilines is 1. The van der Waals surface area contributed by atoms with Crippen molar-refractivity contribution in [2.45, 2.75) is 0 Å². The van der Waals surface area contributed by atoms with E-state index in [1.54, 1.807) is 0 Å². The van der Waals surface area contributed by atoms with E-state index in [1.165, 1.54) is 73.8 Å². The summed E-state index contributed by atoms with van der Waals surface area (Å²) in [7, 11) is 1.38. The van der Waals surface area contributed by atoms with Crippen molar-refractivity contribution in [2.75, 3.05) is 19.0 Å². The maximum absolute atomic E-state index is 12.9. The van der Waals surface area contributed by atoms with E-state index in [0.29, 0.717) is 5.69 Å². The normalized spacial score (nSPS) is 10.2. The van der Waals surface area contributed by atoms with Gasteiger partial charge in [-0.3, -0.25) is 4.79 Å². The van der Waals surface area contributed by atoms with Gasteiger partial charge in [0.2, 0.25) is 0 Å². The van der Waals surface area contributed by atoms with Crippen LogP contribution in [0.3, 0.4) is 0 Å². The van der Waals surface area contributed by atoms with Gasteiger partial charge in [-0.1, -0.05) is 0 Å². The predicted molar refractivity (Wildman–Crippen MR) is 105 cm³/mol. The van der Waals surface area contributed by atoms with Crippen LogP contribution in [0.25, 0.3) is 0 Å². The second kappa shape index (κ2) is 9.51. The molecular formula is C22H17F2NO5. The molecule has 0 atom stereocenters. The average molecular weight is 413 g/mol.